The van der Waals surface area contributed by atoms with Gasteiger partial charge in [-0.2, -0.15) is 0 Å². The van der Waals surface area contributed by atoms with Gasteiger partial charge in [0.2, 0.25) is 0 Å². The maximum atomic E-state index is 13.1. The lowest BCUT2D eigenvalue weighted by atomic mass is 10.0. The Hall–Kier alpha value is -3.55. The van der Waals surface area contributed by atoms with Gasteiger partial charge in [-0.15, -0.1) is 0 Å². The van der Waals surface area contributed by atoms with E-state index in [0.29, 0.717) is 5.56 Å². The molecule has 1 N–H and O–H groups in total. The summed E-state index contributed by atoms with van der Waals surface area (Å²) in [5.41, 5.74) is 1.04. The van der Waals surface area contributed by atoms with Crippen molar-refractivity contribution in [3.63, 3.8) is 0 Å². The first-order chi connectivity index (χ1) is 14.2. The highest BCUT2D eigenvalue weighted by molar-refractivity contribution is 6.22. The van der Waals surface area contributed by atoms with E-state index in [-0.39, 0.29) is 29.2 Å². The number of carbonyl (C=O) groups excluding carboxylic acids is 4. The van der Waals surface area contributed by atoms with E-state index < -0.39 is 35.5 Å². The second-order valence-corrected chi connectivity index (χ2v) is 7.30. The van der Waals surface area contributed by atoms with Gasteiger partial charge in [0.1, 0.15) is 11.9 Å². The summed E-state index contributed by atoms with van der Waals surface area (Å²) in [5.74, 6) is -2.77. The molecule has 3 rings (SSSR count). The first kappa shape index (κ1) is 21.2. The van der Waals surface area contributed by atoms with Gasteiger partial charge in [-0.25, -0.2) is 9.18 Å². The number of carbonyl (C=O) groups is 4. The molecule has 3 amide bonds. The number of nitrogens with zero attached hydrogens (tertiary/aromatic N) is 1. The molecule has 0 spiro atoms. The third-order valence-electron chi connectivity index (χ3n) is 4.90. The van der Waals surface area contributed by atoms with E-state index in [1.54, 1.807) is 13.8 Å². The van der Waals surface area contributed by atoms with E-state index in [4.69, 9.17) is 4.74 Å². The van der Waals surface area contributed by atoms with Crippen LogP contribution in [0, 0.1) is 11.7 Å². The molecule has 0 unspecified atom stereocenters. The Morgan fingerprint density at radius 3 is 2.27 bits per heavy atom. The number of ether oxygens (including phenoxy) is 1. The molecular formula is C22H21FN2O5. The number of nitrogens with one attached hydrogen (secondary N) is 1. The van der Waals surface area contributed by atoms with Gasteiger partial charge in [-0.1, -0.05) is 26.0 Å². The van der Waals surface area contributed by atoms with Crippen molar-refractivity contribution in [1.29, 1.82) is 0 Å². The van der Waals surface area contributed by atoms with Crippen molar-refractivity contribution < 1.29 is 28.3 Å². The first-order valence-corrected chi connectivity index (χ1v) is 9.36. The van der Waals surface area contributed by atoms with E-state index in [1.807, 2.05) is 0 Å². The predicted molar refractivity (Wildman–Crippen MR) is 105 cm³/mol. The van der Waals surface area contributed by atoms with Gasteiger partial charge in [0.05, 0.1) is 24.8 Å². The van der Waals surface area contributed by atoms with E-state index in [9.17, 15) is 23.6 Å². The molecule has 156 valence electrons. The fourth-order valence-corrected chi connectivity index (χ4v) is 3.20. The van der Waals surface area contributed by atoms with E-state index in [0.717, 1.165) is 4.90 Å². The molecule has 1 aliphatic rings. The summed E-state index contributed by atoms with van der Waals surface area (Å²) in [4.78, 5) is 50.9. The van der Waals surface area contributed by atoms with Crippen LogP contribution in [0.2, 0.25) is 0 Å². The number of benzene rings is 2. The number of hydrogen-bond donors (Lipinski definition) is 1. The van der Waals surface area contributed by atoms with Gasteiger partial charge in [0.15, 0.2) is 0 Å². The van der Waals surface area contributed by atoms with Gasteiger partial charge in [-0.3, -0.25) is 19.3 Å². The second kappa shape index (κ2) is 8.44. The summed E-state index contributed by atoms with van der Waals surface area (Å²) in [6, 6.07) is 8.83. The van der Waals surface area contributed by atoms with Crippen molar-refractivity contribution in [3.8, 4) is 0 Å². The summed E-state index contributed by atoms with van der Waals surface area (Å²) in [6.45, 7) is 3.52. The lowest BCUT2D eigenvalue weighted by molar-refractivity contribution is -0.144. The van der Waals surface area contributed by atoms with Crippen molar-refractivity contribution in [2.75, 3.05) is 7.11 Å². The molecular weight excluding hydrogens is 391 g/mol. The molecule has 0 saturated carbocycles. The van der Waals surface area contributed by atoms with Crippen LogP contribution < -0.4 is 5.32 Å². The number of esters is 1. The molecule has 2 aromatic carbocycles. The fraction of sp³-hybridized carbons (Fsp3) is 0.273. The summed E-state index contributed by atoms with van der Waals surface area (Å²) < 4.78 is 17.8. The van der Waals surface area contributed by atoms with E-state index >= 15 is 0 Å². The Morgan fingerprint density at radius 2 is 1.67 bits per heavy atom. The van der Waals surface area contributed by atoms with Gasteiger partial charge >= 0.3 is 5.97 Å². The Morgan fingerprint density at radius 1 is 1.03 bits per heavy atom. The number of amides is 3. The molecule has 30 heavy (non-hydrogen) atoms. The van der Waals surface area contributed by atoms with Crippen LogP contribution >= 0.6 is 0 Å². The zero-order valence-electron chi connectivity index (χ0n) is 16.8. The summed E-state index contributed by atoms with van der Waals surface area (Å²) in [7, 11) is 1.24. The van der Waals surface area contributed by atoms with Crippen molar-refractivity contribution >= 4 is 23.7 Å². The number of rotatable bonds is 6. The Bertz CT molecular complexity index is 1020. The van der Waals surface area contributed by atoms with Crippen molar-refractivity contribution in [2.45, 2.75) is 26.4 Å². The lowest BCUT2D eigenvalue weighted by Gasteiger charge is -2.19. The average Bonchev–Trinajstić information content (AvgIpc) is 2.97. The number of fused-ring (bicyclic) bond motifs is 1. The molecule has 0 bridgehead atoms. The third kappa shape index (κ3) is 4.07. The number of halogens is 1. The van der Waals surface area contributed by atoms with Crippen molar-refractivity contribution in [1.82, 2.24) is 10.2 Å². The minimum Gasteiger partial charge on any atom is -0.467 e. The average molecular weight is 412 g/mol. The van der Waals surface area contributed by atoms with Crippen LogP contribution in [0.1, 0.15) is 50.5 Å². The van der Waals surface area contributed by atoms with Crippen LogP contribution in [0.4, 0.5) is 4.39 Å². The molecule has 1 aliphatic heterocycles. The van der Waals surface area contributed by atoms with Gasteiger partial charge in [0.25, 0.3) is 17.7 Å². The largest absolute Gasteiger partial charge is 0.467 e. The number of hydrogen-bond acceptors (Lipinski definition) is 5. The summed E-state index contributed by atoms with van der Waals surface area (Å²) in [5, 5.41) is 2.60. The zero-order chi connectivity index (χ0) is 22.0. The number of methoxy groups -OCH3 is 1. The Balaban J connectivity index is 1.81. The Kier molecular flexibility index (Phi) is 5.96. The van der Waals surface area contributed by atoms with E-state index in [1.165, 1.54) is 49.6 Å². The highest BCUT2D eigenvalue weighted by atomic mass is 19.1. The lowest BCUT2D eigenvalue weighted by Crippen LogP contribution is -2.45. The molecule has 1 atom stereocenters. The topological polar surface area (TPSA) is 92.8 Å². The molecule has 7 nitrogen and oxygen atoms in total. The highest BCUT2D eigenvalue weighted by Crippen LogP contribution is 2.26. The van der Waals surface area contributed by atoms with E-state index in [2.05, 4.69) is 5.32 Å². The monoisotopic (exact) mass is 412 g/mol. The van der Waals surface area contributed by atoms with Crippen LogP contribution in [0.3, 0.4) is 0 Å². The molecule has 0 aromatic heterocycles. The predicted octanol–water partition coefficient (Wildman–Crippen LogP) is 2.55. The maximum absolute atomic E-state index is 13.1. The molecule has 0 fully saturated rings. The molecule has 0 aliphatic carbocycles. The van der Waals surface area contributed by atoms with Crippen LogP contribution in [-0.2, 0) is 16.1 Å². The molecule has 1 heterocycles. The normalized spacial score (nSPS) is 14.0. The standard InChI is InChI=1S/C22H21FN2O5/c1-12(2)18(22(29)30-3)24-19(26)14-6-9-16-17(10-14)21(28)25(20(16)27)11-13-4-7-15(23)8-5-13/h4-10,12,18H,11H2,1-3H3,(H,24,26)/t18-/m1/s1. The first-order valence-electron chi connectivity index (χ1n) is 9.36. The van der Waals surface area contributed by atoms with Crippen LogP contribution in [0.5, 0.6) is 0 Å². The number of imide groups is 1. The van der Waals surface area contributed by atoms with Gasteiger partial charge in [-0.05, 0) is 41.8 Å². The Labute approximate surface area is 172 Å². The summed E-state index contributed by atoms with van der Waals surface area (Å²) >= 11 is 0. The smallest absolute Gasteiger partial charge is 0.328 e. The minimum atomic E-state index is -0.844. The zero-order valence-corrected chi connectivity index (χ0v) is 16.8. The van der Waals surface area contributed by atoms with Gasteiger partial charge < -0.3 is 10.1 Å². The van der Waals surface area contributed by atoms with Crippen LogP contribution in [-0.4, -0.2) is 41.7 Å². The summed E-state index contributed by atoms with van der Waals surface area (Å²) in [6.07, 6.45) is 0. The second-order valence-electron chi connectivity index (χ2n) is 7.30. The fourth-order valence-electron chi connectivity index (χ4n) is 3.20. The maximum Gasteiger partial charge on any atom is 0.328 e. The van der Waals surface area contributed by atoms with Crippen LogP contribution in [0.25, 0.3) is 0 Å². The minimum absolute atomic E-state index is 0.00802. The SMILES string of the molecule is COC(=O)[C@H](NC(=O)c1ccc2c(c1)C(=O)N(Cc1ccc(F)cc1)C2=O)C(C)C. The van der Waals surface area contributed by atoms with Crippen molar-refractivity contribution in [2.24, 2.45) is 5.92 Å². The van der Waals surface area contributed by atoms with Crippen molar-refractivity contribution in [3.05, 3.63) is 70.5 Å². The highest BCUT2D eigenvalue weighted by Gasteiger charge is 2.36. The van der Waals surface area contributed by atoms with Crippen LogP contribution in [0.15, 0.2) is 42.5 Å². The third-order valence-corrected chi connectivity index (χ3v) is 4.90. The van der Waals surface area contributed by atoms with Gasteiger partial charge in [0, 0.05) is 5.56 Å². The molecule has 2 aromatic rings. The molecule has 0 saturated heterocycles. The molecule has 8 heteroatoms. The molecule has 0 radical (unpaired) electrons. The quantitative estimate of drug-likeness (QED) is 0.582.